The van der Waals surface area contributed by atoms with E-state index in [-0.39, 0.29) is 11.3 Å². The van der Waals surface area contributed by atoms with Crippen LogP contribution in [0.25, 0.3) is 11.3 Å². The first-order valence-corrected chi connectivity index (χ1v) is 9.41. The summed E-state index contributed by atoms with van der Waals surface area (Å²) in [7, 11) is 0. The summed E-state index contributed by atoms with van der Waals surface area (Å²) in [6, 6.07) is 7.22. The maximum Gasteiger partial charge on any atom is 0.407 e. The van der Waals surface area contributed by atoms with Crippen molar-refractivity contribution in [2.24, 2.45) is 0 Å². The number of ether oxygens (including phenoxy) is 1. The largest absolute Gasteiger partial charge is 0.444 e. The molecule has 10 nitrogen and oxygen atoms in total. The molecule has 2 aromatic heterocycles. The van der Waals surface area contributed by atoms with E-state index in [0.717, 1.165) is 5.69 Å². The number of alkyl carbamates (subject to hydrolysis) is 1. The Morgan fingerprint density at radius 2 is 1.86 bits per heavy atom. The van der Waals surface area contributed by atoms with Crippen LogP contribution in [0.1, 0.15) is 27.2 Å². The summed E-state index contributed by atoms with van der Waals surface area (Å²) in [5, 5.41) is 17.1. The molecule has 0 aliphatic heterocycles. The van der Waals surface area contributed by atoms with E-state index in [9.17, 15) is 4.79 Å². The molecule has 2 heterocycles. The van der Waals surface area contributed by atoms with Crippen LogP contribution in [0.4, 0.5) is 22.1 Å². The number of carbonyl (C=O) groups excluding carboxylic acids is 1. The molecule has 0 aliphatic carbocycles. The minimum atomic E-state index is -0.528. The van der Waals surface area contributed by atoms with Crippen molar-refractivity contribution in [1.82, 2.24) is 25.6 Å². The van der Waals surface area contributed by atoms with Crippen molar-refractivity contribution in [1.29, 1.82) is 0 Å². The van der Waals surface area contributed by atoms with Gasteiger partial charge in [0.2, 0.25) is 11.3 Å². The van der Waals surface area contributed by atoms with Gasteiger partial charge in [0.1, 0.15) is 5.60 Å². The molecule has 0 radical (unpaired) electrons. The Morgan fingerprint density at radius 1 is 1.14 bits per heavy atom. The zero-order chi connectivity index (χ0) is 20.9. The summed E-state index contributed by atoms with van der Waals surface area (Å²) in [6.07, 6.45) is 0.197. The number of halogens is 1. The molecule has 0 atom stereocenters. The third-order valence-corrected chi connectivity index (χ3v) is 3.75. The molecule has 29 heavy (non-hydrogen) atoms. The minimum absolute atomic E-state index is 0.284. The van der Waals surface area contributed by atoms with Gasteiger partial charge in [0.15, 0.2) is 11.6 Å². The average molecular weight is 420 g/mol. The molecule has 1 amide bonds. The highest BCUT2D eigenvalue weighted by Crippen LogP contribution is 2.25. The maximum absolute atomic E-state index is 11.7. The first kappa shape index (κ1) is 20.6. The fraction of sp³-hybridized carbons (Fsp3) is 0.389. The lowest BCUT2D eigenvalue weighted by Crippen LogP contribution is -2.33. The van der Waals surface area contributed by atoms with E-state index < -0.39 is 11.7 Å². The first-order chi connectivity index (χ1) is 13.8. The normalized spacial score (nSPS) is 11.3. The van der Waals surface area contributed by atoms with Gasteiger partial charge in [-0.05, 0) is 55.7 Å². The van der Waals surface area contributed by atoms with Gasteiger partial charge < -0.3 is 20.7 Å². The van der Waals surface area contributed by atoms with Gasteiger partial charge in [-0.1, -0.05) is 17.7 Å². The Bertz CT molecular complexity index is 987. The third-order valence-electron chi connectivity index (χ3n) is 3.52. The summed E-state index contributed by atoms with van der Waals surface area (Å²) in [6.45, 7) is 6.42. The fourth-order valence-electron chi connectivity index (χ4n) is 2.35. The summed E-state index contributed by atoms with van der Waals surface area (Å²) in [5.74, 6) is 0.931. The molecule has 3 aromatic rings. The second-order valence-corrected chi connectivity index (χ2v) is 7.61. The molecule has 11 heteroatoms. The summed E-state index contributed by atoms with van der Waals surface area (Å²) < 4.78 is 9.89. The molecule has 3 rings (SSSR count). The van der Waals surface area contributed by atoms with Crippen molar-refractivity contribution in [3.63, 3.8) is 0 Å². The van der Waals surface area contributed by atoms with E-state index in [1.807, 2.05) is 32.9 Å². The number of hydrogen-bond acceptors (Lipinski definition) is 9. The van der Waals surface area contributed by atoms with E-state index in [1.54, 1.807) is 12.1 Å². The molecular weight excluding hydrogens is 398 g/mol. The van der Waals surface area contributed by atoms with Crippen LogP contribution in [0.2, 0.25) is 5.02 Å². The van der Waals surface area contributed by atoms with Gasteiger partial charge in [-0.25, -0.2) is 19.4 Å². The van der Waals surface area contributed by atoms with Gasteiger partial charge in [0, 0.05) is 23.8 Å². The Labute approximate surface area is 172 Å². The zero-order valence-corrected chi connectivity index (χ0v) is 17.1. The Morgan fingerprint density at radius 3 is 2.55 bits per heavy atom. The van der Waals surface area contributed by atoms with Gasteiger partial charge in [-0.15, -0.1) is 0 Å². The second kappa shape index (κ2) is 8.91. The van der Waals surface area contributed by atoms with E-state index in [1.165, 1.54) is 0 Å². The van der Waals surface area contributed by atoms with Crippen LogP contribution in [-0.2, 0) is 4.74 Å². The number of nitrogens with one attached hydrogen (secondary N) is 3. The predicted octanol–water partition coefficient (Wildman–Crippen LogP) is 3.74. The van der Waals surface area contributed by atoms with E-state index >= 15 is 0 Å². The number of nitrogens with zero attached hydrogens (tertiary/aromatic N) is 4. The number of aromatic nitrogens is 4. The lowest BCUT2D eigenvalue weighted by Gasteiger charge is -2.19. The fourth-order valence-corrected chi connectivity index (χ4v) is 2.54. The smallest absolute Gasteiger partial charge is 0.407 e. The quantitative estimate of drug-likeness (QED) is 0.490. The highest BCUT2D eigenvalue weighted by Gasteiger charge is 2.16. The van der Waals surface area contributed by atoms with Gasteiger partial charge in [0.25, 0.3) is 0 Å². The van der Waals surface area contributed by atoms with Gasteiger partial charge in [0.05, 0.1) is 0 Å². The molecular formula is C18H22ClN7O3. The number of anilines is 3. The van der Waals surface area contributed by atoms with Gasteiger partial charge in [-0.3, -0.25) is 0 Å². The highest BCUT2D eigenvalue weighted by molar-refractivity contribution is 6.30. The SMILES string of the molecule is CC(C)(C)OC(=O)NCCCNc1nc2nonc2nc1Nc1cccc(Cl)c1. The first-order valence-electron chi connectivity index (χ1n) is 9.04. The Hall–Kier alpha value is -3.14. The van der Waals surface area contributed by atoms with Crippen molar-refractivity contribution in [2.75, 3.05) is 23.7 Å². The average Bonchev–Trinajstić information content (AvgIpc) is 3.07. The van der Waals surface area contributed by atoms with E-state index in [4.69, 9.17) is 21.0 Å². The van der Waals surface area contributed by atoms with Crippen LogP contribution in [0, 0.1) is 0 Å². The van der Waals surface area contributed by atoms with Gasteiger partial charge >= 0.3 is 6.09 Å². The molecule has 0 saturated carbocycles. The Kier molecular flexibility index (Phi) is 6.32. The monoisotopic (exact) mass is 419 g/mol. The summed E-state index contributed by atoms with van der Waals surface area (Å²) in [4.78, 5) is 20.4. The van der Waals surface area contributed by atoms with Crippen molar-refractivity contribution >= 4 is 46.3 Å². The van der Waals surface area contributed by atoms with Gasteiger partial charge in [-0.2, -0.15) is 0 Å². The number of hydrogen-bond donors (Lipinski definition) is 3. The molecule has 0 spiro atoms. The van der Waals surface area contributed by atoms with E-state index in [2.05, 4.69) is 36.2 Å². The maximum atomic E-state index is 11.7. The van der Waals surface area contributed by atoms with Crippen molar-refractivity contribution in [3.8, 4) is 0 Å². The van der Waals surface area contributed by atoms with Crippen LogP contribution in [0.15, 0.2) is 28.9 Å². The molecule has 0 aliphatic rings. The highest BCUT2D eigenvalue weighted by atomic mass is 35.5. The number of fused-ring (bicyclic) bond motifs is 1. The number of rotatable bonds is 7. The molecule has 0 unspecified atom stereocenters. The molecule has 3 N–H and O–H groups in total. The van der Waals surface area contributed by atoms with Crippen LogP contribution < -0.4 is 16.0 Å². The topological polar surface area (TPSA) is 127 Å². The molecule has 0 saturated heterocycles. The standard InChI is InChI=1S/C18H22ClN7O3/c1-18(2,3)28-17(27)21-9-5-8-20-13-14(22-12-7-4-6-11(19)10-12)24-16-15(23-13)25-29-26-16/h4,6-7,10H,5,8-9H2,1-3H3,(H,21,27)(H,20,23,25)(H,22,24,26). The number of amides is 1. The van der Waals surface area contributed by atoms with Crippen molar-refractivity contribution < 1.29 is 14.2 Å². The minimum Gasteiger partial charge on any atom is -0.444 e. The zero-order valence-electron chi connectivity index (χ0n) is 16.3. The third kappa shape index (κ3) is 6.18. The van der Waals surface area contributed by atoms with Crippen LogP contribution in [0.5, 0.6) is 0 Å². The summed E-state index contributed by atoms with van der Waals surface area (Å²) in [5.41, 5.74) is 0.791. The Balaban J connectivity index is 1.61. The number of benzene rings is 1. The predicted molar refractivity (Wildman–Crippen MR) is 109 cm³/mol. The van der Waals surface area contributed by atoms with Crippen LogP contribution in [-0.4, -0.2) is 45.1 Å². The van der Waals surface area contributed by atoms with Crippen molar-refractivity contribution in [2.45, 2.75) is 32.8 Å². The number of carbonyl (C=O) groups is 1. The van der Waals surface area contributed by atoms with Crippen molar-refractivity contribution in [3.05, 3.63) is 29.3 Å². The molecule has 0 fully saturated rings. The second-order valence-electron chi connectivity index (χ2n) is 7.18. The lowest BCUT2D eigenvalue weighted by atomic mass is 10.2. The molecule has 1 aromatic carbocycles. The molecule has 154 valence electrons. The lowest BCUT2D eigenvalue weighted by molar-refractivity contribution is 0.0528. The van der Waals surface area contributed by atoms with E-state index in [0.29, 0.717) is 36.2 Å². The molecule has 0 bridgehead atoms. The van der Waals surface area contributed by atoms with Crippen LogP contribution in [0.3, 0.4) is 0 Å². The van der Waals surface area contributed by atoms with Crippen LogP contribution >= 0.6 is 11.6 Å². The summed E-state index contributed by atoms with van der Waals surface area (Å²) >= 11 is 6.04.